The lowest BCUT2D eigenvalue weighted by Crippen LogP contribution is -2.18. The number of hydrogen-bond acceptors (Lipinski definition) is 4. The lowest BCUT2D eigenvalue weighted by molar-refractivity contribution is 0.313. The van der Waals surface area contributed by atoms with Crippen LogP contribution in [0, 0.1) is 0 Å². The van der Waals surface area contributed by atoms with E-state index in [0.717, 1.165) is 5.56 Å². The number of aromatic hydroxyl groups is 1. The van der Waals surface area contributed by atoms with Gasteiger partial charge in [-0.3, -0.25) is 0 Å². The SMILES string of the molecule is NCC1COC(Cc2cccc(O)c2)=N1. The predicted octanol–water partition coefficient (Wildman–Crippen LogP) is 0.691. The summed E-state index contributed by atoms with van der Waals surface area (Å²) in [6.07, 6.45) is 0.616. The molecule has 1 aliphatic rings. The van der Waals surface area contributed by atoms with Gasteiger partial charge in [0.25, 0.3) is 0 Å². The highest BCUT2D eigenvalue weighted by molar-refractivity contribution is 5.80. The number of hydrogen-bond donors (Lipinski definition) is 2. The molecule has 1 aromatic carbocycles. The summed E-state index contributed by atoms with van der Waals surface area (Å²) in [6.45, 7) is 1.09. The highest BCUT2D eigenvalue weighted by Crippen LogP contribution is 2.14. The first kappa shape index (κ1) is 9.98. The van der Waals surface area contributed by atoms with Gasteiger partial charge < -0.3 is 15.6 Å². The van der Waals surface area contributed by atoms with Crippen molar-refractivity contribution in [1.82, 2.24) is 0 Å². The number of nitrogens with zero attached hydrogens (tertiary/aromatic N) is 1. The summed E-state index contributed by atoms with van der Waals surface area (Å²) in [4.78, 5) is 4.32. The largest absolute Gasteiger partial charge is 0.508 e. The molecule has 15 heavy (non-hydrogen) atoms. The molecule has 3 N–H and O–H groups in total. The summed E-state index contributed by atoms with van der Waals surface area (Å²) in [7, 11) is 0. The van der Waals surface area contributed by atoms with Gasteiger partial charge in [-0.05, 0) is 17.7 Å². The Morgan fingerprint density at radius 3 is 3.07 bits per heavy atom. The summed E-state index contributed by atoms with van der Waals surface area (Å²) in [6, 6.07) is 7.19. The van der Waals surface area contributed by atoms with E-state index in [-0.39, 0.29) is 11.8 Å². The molecule has 80 valence electrons. The van der Waals surface area contributed by atoms with Crippen LogP contribution in [-0.2, 0) is 11.2 Å². The van der Waals surface area contributed by atoms with Gasteiger partial charge in [-0.2, -0.15) is 0 Å². The number of aliphatic imine (C=N–C) groups is 1. The van der Waals surface area contributed by atoms with Gasteiger partial charge in [0, 0.05) is 13.0 Å². The third-order valence-corrected chi connectivity index (χ3v) is 2.31. The van der Waals surface area contributed by atoms with Crippen molar-refractivity contribution in [2.45, 2.75) is 12.5 Å². The molecule has 4 nitrogen and oxygen atoms in total. The highest BCUT2D eigenvalue weighted by Gasteiger charge is 2.17. The molecule has 0 radical (unpaired) electrons. The molecule has 0 saturated heterocycles. The van der Waals surface area contributed by atoms with Crippen LogP contribution in [0.1, 0.15) is 5.56 Å². The van der Waals surface area contributed by atoms with E-state index in [1.165, 1.54) is 0 Å². The van der Waals surface area contributed by atoms with Crippen LogP contribution in [0.25, 0.3) is 0 Å². The average Bonchev–Trinajstić information content (AvgIpc) is 2.65. The molecule has 0 amide bonds. The summed E-state index contributed by atoms with van der Waals surface area (Å²) in [5.41, 5.74) is 6.48. The smallest absolute Gasteiger partial charge is 0.188 e. The summed E-state index contributed by atoms with van der Waals surface area (Å²) in [5.74, 6) is 0.970. The van der Waals surface area contributed by atoms with Gasteiger partial charge in [-0.1, -0.05) is 12.1 Å². The molecule has 0 aromatic heterocycles. The van der Waals surface area contributed by atoms with Gasteiger partial charge >= 0.3 is 0 Å². The number of phenols is 1. The molecule has 1 atom stereocenters. The standard InChI is InChI=1S/C11H14N2O2/c12-6-9-7-15-11(13-9)5-8-2-1-3-10(14)4-8/h1-4,9,14H,5-7,12H2. The van der Waals surface area contributed by atoms with Crippen molar-refractivity contribution in [3.8, 4) is 5.75 Å². The molecule has 0 saturated carbocycles. The van der Waals surface area contributed by atoms with Crippen molar-refractivity contribution in [1.29, 1.82) is 0 Å². The van der Waals surface area contributed by atoms with E-state index in [1.54, 1.807) is 18.2 Å². The van der Waals surface area contributed by atoms with Crippen LogP contribution in [0.4, 0.5) is 0 Å². The van der Waals surface area contributed by atoms with Crippen molar-refractivity contribution in [2.75, 3.05) is 13.2 Å². The first-order valence-corrected chi connectivity index (χ1v) is 4.95. The summed E-state index contributed by atoms with van der Waals surface area (Å²) >= 11 is 0. The molecular formula is C11H14N2O2. The molecular weight excluding hydrogens is 192 g/mol. The fraction of sp³-hybridized carbons (Fsp3) is 0.364. The van der Waals surface area contributed by atoms with Crippen LogP contribution in [-0.4, -0.2) is 30.2 Å². The molecule has 1 heterocycles. The van der Waals surface area contributed by atoms with Crippen LogP contribution < -0.4 is 5.73 Å². The molecule has 0 bridgehead atoms. The number of ether oxygens (including phenoxy) is 1. The van der Waals surface area contributed by atoms with Gasteiger partial charge in [0.1, 0.15) is 12.4 Å². The van der Waals surface area contributed by atoms with E-state index in [1.807, 2.05) is 6.07 Å². The Kier molecular flexibility index (Phi) is 2.87. The molecule has 1 aliphatic heterocycles. The summed E-state index contributed by atoms with van der Waals surface area (Å²) < 4.78 is 5.39. The molecule has 4 heteroatoms. The minimum atomic E-state index is 0.0947. The third-order valence-electron chi connectivity index (χ3n) is 2.31. The first-order chi connectivity index (χ1) is 7.28. The van der Waals surface area contributed by atoms with E-state index >= 15 is 0 Å². The van der Waals surface area contributed by atoms with Crippen LogP contribution in [0.3, 0.4) is 0 Å². The Labute approximate surface area is 88.4 Å². The minimum absolute atomic E-state index is 0.0947. The van der Waals surface area contributed by atoms with Gasteiger partial charge in [0.05, 0.1) is 6.04 Å². The Morgan fingerprint density at radius 2 is 2.40 bits per heavy atom. The van der Waals surface area contributed by atoms with Crippen molar-refractivity contribution >= 4 is 5.90 Å². The quantitative estimate of drug-likeness (QED) is 0.764. The fourth-order valence-corrected chi connectivity index (χ4v) is 1.53. The lowest BCUT2D eigenvalue weighted by Gasteiger charge is -2.01. The minimum Gasteiger partial charge on any atom is -0.508 e. The second kappa shape index (κ2) is 4.31. The van der Waals surface area contributed by atoms with Crippen LogP contribution in [0.2, 0.25) is 0 Å². The molecule has 1 unspecified atom stereocenters. The van der Waals surface area contributed by atoms with Crippen LogP contribution >= 0.6 is 0 Å². The van der Waals surface area contributed by atoms with Crippen LogP contribution in [0.5, 0.6) is 5.75 Å². The molecule has 0 aliphatic carbocycles. The first-order valence-electron chi connectivity index (χ1n) is 4.95. The number of benzene rings is 1. The molecule has 0 fully saturated rings. The Morgan fingerprint density at radius 1 is 1.53 bits per heavy atom. The second-order valence-electron chi connectivity index (χ2n) is 3.57. The van der Waals surface area contributed by atoms with Crippen molar-refractivity contribution in [3.05, 3.63) is 29.8 Å². The summed E-state index contributed by atoms with van der Waals surface area (Å²) in [5, 5.41) is 9.28. The zero-order valence-electron chi connectivity index (χ0n) is 8.39. The average molecular weight is 206 g/mol. The molecule has 1 aromatic rings. The maximum absolute atomic E-state index is 9.28. The van der Waals surface area contributed by atoms with E-state index in [4.69, 9.17) is 10.5 Å². The van der Waals surface area contributed by atoms with Crippen molar-refractivity contribution in [3.63, 3.8) is 0 Å². The number of nitrogens with two attached hydrogens (primary N) is 1. The monoisotopic (exact) mass is 206 g/mol. The third kappa shape index (κ3) is 2.47. The van der Waals surface area contributed by atoms with Gasteiger partial charge in [0.15, 0.2) is 5.90 Å². The lowest BCUT2D eigenvalue weighted by atomic mass is 10.1. The van der Waals surface area contributed by atoms with E-state index < -0.39 is 0 Å². The van der Waals surface area contributed by atoms with E-state index in [2.05, 4.69) is 4.99 Å². The maximum Gasteiger partial charge on any atom is 0.188 e. The zero-order valence-corrected chi connectivity index (χ0v) is 8.39. The maximum atomic E-state index is 9.28. The number of rotatable bonds is 3. The van der Waals surface area contributed by atoms with Crippen molar-refractivity contribution in [2.24, 2.45) is 10.7 Å². The predicted molar refractivity (Wildman–Crippen MR) is 58.0 cm³/mol. The number of phenolic OH excluding ortho intramolecular Hbond substituents is 1. The van der Waals surface area contributed by atoms with Crippen molar-refractivity contribution < 1.29 is 9.84 Å². The van der Waals surface area contributed by atoms with E-state index in [9.17, 15) is 5.11 Å². The normalized spacial score (nSPS) is 19.8. The molecule has 0 spiro atoms. The Balaban J connectivity index is 2.03. The Hall–Kier alpha value is -1.55. The van der Waals surface area contributed by atoms with Gasteiger partial charge in [-0.15, -0.1) is 0 Å². The highest BCUT2D eigenvalue weighted by atomic mass is 16.5. The second-order valence-corrected chi connectivity index (χ2v) is 3.57. The zero-order chi connectivity index (χ0) is 10.7. The fourth-order valence-electron chi connectivity index (χ4n) is 1.53. The Bertz CT molecular complexity index is 377. The molecule has 2 rings (SSSR count). The van der Waals surface area contributed by atoms with E-state index in [0.29, 0.717) is 25.5 Å². The van der Waals surface area contributed by atoms with Crippen LogP contribution in [0.15, 0.2) is 29.3 Å². The topological polar surface area (TPSA) is 67.8 Å². The van der Waals surface area contributed by atoms with Gasteiger partial charge in [0.2, 0.25) is 0 Å². The van der Waals surface area contributed by atoms with Gasteiger partial charge in [-0.25, -0.2) is 4.99 Å².